The molecule has 2 nitrogen and oxygen atoms in total. The van der Waals surface area contributed by atoms with Crippen LogP contribution in [0.15, 0.2) is 11.6 Å². The first-order valence-electron chi connectivity index (χ1n) is 9.59. The maximum absolute atomic E-state index is 12.4. The number of carbonyl (C=O) groups excluding carboxylic acids is 2. The van der Waals surface area contributed by atoms with Gasteiger partial charge in [0.2, 0.25) is 0 Å². The number of carbonyl (C=O) groups is 2. The molecule has 0 heterocycles. The number of rotatable bonds is 1. The summed E-state index contributed by atoms with van der Waals surface area (Å²) in [6.45, 7) is 6.47. The molecule has 0 aliphatic heterocycles. The van der Waals surface area contributed by atoms with Crippen LogP contribution >= 0.6 is 0 Å². The van der Waals surface area contributed by atoms with Gasteiger partial charge in [-0.15, -0.1) is 0 Å². The molecular weight excluding hydrogens is 284 g/mol. The van der Waals surface area contributed by atoms with Gasteiger partial charge in [0.1, 0.15) is 11.6 Å². The molecule has 4 aliphatic rings. The Bertz CT molecular complexity index is 589. The maximum Gasteiger partial charge on any atom is 0.139 e. The molecule has 0 aromatic heterocycles. The Balaban J connectivity index is 1.65. The van der Waals surface area contributed by atoms with E-state index in [1.165, 1.54) is 12.8 Å². The number of hydrogen-bond acceptors (Lipinski definition) is 2. The normalized spacial score (nSPS) is 49.0. The van der Waals surface area contributed by atoms with Gasteiger partial charge in [0.15, 0.2) is 0 Å². The predicted molar refractivity (Wildman–Crippen MR) is 90.9 cm³/mol. The Kier molecular flexibility index (Phi) is 3.42. The monoisotopic (exact) mass is 314 g/mol. The van der Waals surface area contributed by atoms with Gasteiger partial charge in [-0.25, -0.2) is 0 Å². The second-order valence-electron chi connectivity index (χ2n) is 9.23. The van der Waals surface area contributed by atoms with Crippen molar-refractivity contribution in [3.63, 3.8) is 0 Å². The van der Waals surface area contributed by atoms with Crippen LogP contribution < -0.4 is 0 Å². The lowest BCUT2D eigenvalue weighted by molar-refractivity contribution is -0.132. The molecule has 0 saturated heterocycles. The van der Waals surface area contributed by atoms with Gasteiger partial charge in [-0.1, -0.05) is 25.5 Å². The average molecular weight is 314 g/mol. The maximum atomic E-state index is 12.4. The van der Waals surface area contributed by atoms with Gasteiger partial charge in [-0.2, -0.15) is 0 Å². The topological polar surface area (TPSA) is 34.1 Å². The zero-order valence-electron chi connectivity index (χ0n) is 14.9. The summed E-state index contributed by atoms with van der Waals surface area (Å²) in [5, 5.41) is 0. The van der Waals surface area contributed by atoms with Gasteiger partial charge < -0.3 is 0 Å². The molecule has 3 saturated carbocycles. The van der Waals surface area contributed by atoms with Crippen LogP contribution in [0.4, 0.5) is 0 Å². The zero-order chi connectivity index (χ0) is 16.4. The van der Waals surface area contributed by atoms with E-state index in [0.29, 0.717) is 28.8 Å². The van der Waals surface area contributed by atoms with E-state index in [4.69, 9.17) is 0 Å². The van der Waals surface area contributed by atoms with E-state index in [9.17, 15) is 9.59 Å². The molecule has 0 radical (unpaired) electrons. The Morgan fingerprint density at radius 2 is 1.78 bits per heavy atom. The molecule has 126 valence electrons. The summed E-state index contributed by atoms with van der Waals surface area (Å²) in [6.07, 6.45) is 11.1. The summed E-state index contributed by atoms with van der Waals surface area (Å²) in [4.78, 5) is 24.3. The van der Waals surface area contributed by atoms with E-state index in [-0.39, 0.29) is 11.3 Å². The number of allylic oxidation sites excluding steroid dienone is 2. The average Bonchev–Trinajstić information content (AvgIpc) is 2.82. The molecule has 4 rings (SSSR count). The van der Waals surface area contributed by atoms with Crippen molar-refractivity contribution >= 4 is 11.6 Å². The lowest BCUT2D eigenvalue weighted by Crippen LogP contribution is -2.50. The van der Waals surface area contributed by atoms with Crippen LogP contribution in [0.2, 0.25) is 0 Å². The van der Waals surface area contributed by atoms with E-state index < -0.39 is 0 Å². The fourth-order valence-electron chi connectivity index (χ4n) is 6.78. The first-order chi connectivity index (χ1) is 10.9. The van der Waals surface area contributed by atoms with Gasteiger partial charge >= 0.3 is 0 Å². The summed E-state index contributed by atoms with van der Waals surface area (Å²) in [6, 6.07) is 0. The smallest absolute Gasteiger partial charge is 0.139 e. The lowest BCUT2D eigenvalue weighted by Gasteiger charge is -2.57. The molecule has 0 N–H and O–H groups in total. The van der Waals surface area contributed by atoms with Crippen LogP contribution in [0.1, 0.15) is 72.1 Å². The van der Waals surface area contributed by atoms with Crippen molar-refractivity contribution in [2.24, 2.45) is 34.5 Å². The van der Waals surface area contributed by atoms with Crippen molar-refractivity contribution in [1.82, 2.24) is 0 Å². The molecule has 1 unspecified atom stereocenters. The lowest BCUT2D eigenvalue weighted by atomic mass is 9.47. The fraction of sp³-hybridized carbons (Fsp3) is 0.810. The van der Waals surface area contributed by atoms with Crippen molar-refractivity contribution in [3.05, 3.63) is 11.6 Å². The van der Waals surface area contributed by atoms with E-state index in [0.717, 1.165) is 44.4 Å². The summed E-state index contributed by atoms with van der Waals surface area (Å²) >= 11 is 0. The summed E-state index contributed by atoms with van der Waals surface area (Å²) in [5.41, 5.74) is 1.83. The molecule has 0 aromatic rings. The van der Waals surface area contributed by atoms with E-state index in [1.54, 1.807) is 12.5 Å². The highest BCUT2D eigenvalue weighted by atomic mass is 16.1. The molecule has 4 aliphatic carbocycles. The van der Waals surface area contributed by atoms with Gasteiger partial charge in [0.05, 0.1) is 0 Å². The predicted octanol–water partition coefficient (Wildman–Crippen LogP) is 4.72. The summed E-state index contributed by atoms with van der Waals surface area (Å²) < 4.78 is 0. The van der Waals surface area contributed by atoms with Gasteiger partial charge in [-0.3, -0.25) is 9.59 Å². The number of ketones is 2. The zero-order valence-corrected chi connectivity index (χ0v) is 14.9. The minimum absolute atomic E-state index is 0.0283. The largest absolute Gasteiger partial charge is 0.300 e. The third-order valence-corrected chi connectivity index (χ3v) is 8.39. The SMILES string of the molecule is CC(=O)C1CC[C@@]2(C)C(=CC[C@@H]3[C@@H]2CC[C@]2(C)C(=O)CC[C@@H]32)C1. The van der Waals surface area contributed by atoms with Crippen molar-refractivity contribution in [2.75, 3.05) is 0 Å². The number of fused-ring (bicyclic) bond motifs is 5. The van der Waals surface area contributed by atoms with Crippen LogP contribution in [0, 0.1) is 34.5 Å². The number of Topliss-reactive ketones (excluding diaryl/α,β-unsaturated/α-hetero) is 2. The molecule has 0 aromatic carbocycles. The van der Waals surface area contributed by atoms with E-state index in [2.05, 4.69) is 19.9 Å². The van der Waals surface area contributed by atoms with Crippen molar-refractivity contribution in [2.45, 2.75) is 72.1 Å². The summed E-state index contributed by atoms with van der Waals surface area (Å²) in [5.74, 6) is 3.19. The van der Waals surface area contributed by atoms with Crippen LogP contribution in [-0.4, -0.2) is 11.6 Å². The molecule has 0 bridgehead atoms. The minimum Gasteiger partial charge on any atom is -0.300 e. The Morgan fingerprint density at radius 1 is 1.09 bits per heavy atom. The Hall–Kier alpha value is -0.920. The van der Waals surface area contributed by atoms with Crippen LogP contribution in [0.25, 0.3) is 0 Å². The standard InChI is InChI=1S/C21H30O2/c1-13(22)14-8-10-20(2)15(12-14)4-5-16-17-6-7-19(23)21(17,3)11-9-18(16)20/h4,14,16-18H,5-12H2,1-3H3/t14?,16-,17-,18-,20-,21-/m0/s1. The molecule has 0 spiro atoms. The first-order valence-corrected chi connectivity index (χ1v) is 9.59. The Labute approximate surface area is 140 Å². The van der Waals surface area contributed by atoms with Gasteiger partial charge in [0, 0.05) is 17.8 Å². The highest BCUT2D eigenvalue weighted by Gasteiger charge is 2.58. The molecule has 3 fully saturated rings. The first kappa shape index (κ1) is 15.6. The van der Waals surface area contributed by atoms with E-state index in [1.807, 2.05) is 0 Å². The molecular formula is C21H30O2. The molecule has 23 heavy (non-hydrogen) atoms. The number of hydrogen-bond donors (Lipinski definition) is 0. The van der Waals surface area contributed by atoms with E-state index >= 15 is 0 Å². The van der Waals surface area contributed by atoms with Crippen molar-refractivity contribution in [3.8, 4) is 0 Å². The molecule has 2 heteroatoms. The third kappa shape index (κ3) is 2.06. The Morgan fingerprint density at radius 3 is 2.52 bits per heavy atom. The second-order valence-corrected chi connectivity index (χ2v) is 9.23. The van der Waals surface area contributed by atoms with Crippen LogP contribution in [0.5, 0.6) is 0 Å². The van der Waals surface area contributed by atoms with Crippen molar-refractivity contribution < 1.29 is 9.59 Å². The van der Waals surface area contributed by atoms with Crippen molar-refractivity contribution in [1.29, 1.82) is 0 Å². The highest BCUT2D eigenvalue weighted by molar-refractivity contribution is 5.87. The molecule has 6 atom stereocenters. The molecule has 0 amide bonds. The summed E-state index contributed by atoms with van der Waals surface area (Å²) in [7, 11) is 0. The van der Waals surface area contributed by atoms with Crippen LogP contribution in [0.3, 0.4) is 0 Å². The fourth-order valence-corrected chi connectivity index (χ4v) is 6.78. The van der Waals surface area contributed by atoms with Crippen LogP contribution in [-0.2, 0) is 9.59 Å². The second kappa shape index (κ2) is 5.04. The minimum atomic E-state index is -0.0283. The van der Waals surface area contributed by atoms with Gasteiger partial charge in [-0.05, 0) is 75.0 Å². The quantitative estimate of drug-likeness (QED) is 0.656. The van der Waals surface area contributed by atoms with Gasteiger partial charge in [0.25, 0.3) is 0 Å². The third-order valence-electron chi connectivity index (χ3n) is 8.39. The highest BCUT2D eigenvalue weighted by Crippen LogP contribution is 2.64.